The SMILES string of the molecule is COc1ccc(C2(C(=O)N3C[C@@H](CO)[C@@H](O)C3)CC3(CCC3)C2)cc1. The summed E-state index contributed by atoms with van der Waals surface area (Å²) in [6.45, 7) is 0.695. The van der Waals surface area contributed by atoms with E-state index in [0.717, 1.165) is 24.2 Å². The average Bonchev–Trinajstić information content (AvgIpc) is 2.94. The summed E-state index contributed by atoms with van der Waals surface area (Å²) in [6.07, 6.45) is 4.89. The molecular weight excluding hydrogens is 318 g/mol. The Hall–Kier alpha value is -1.59. The summed E-state index contributed by atoms with van der Waals surface area (Å²) in [7, 11) is 1.64. The summed E-state index contributed by atoms with van der Waals surface area (Å²) in [6, 6.07) is 7.87. The predicted octanol–water partition coefficient (Wildman–Crippen LogP) is 1.71. The van der Waals surface area contributed by atoms with Crippen LogP contribution in [0.4, 0.5) is 0 Å². The highest BCUT2D eigenvalue weighted by molar-refractivity contribution is 5.90. The predicted molar refractivity (Wildman–Crippen MR) is 93.4 cm³/mol. The second-order valence-corrected chi connectivity index (χ2v) is 8.24. The molecule has 1 amide bonds. The molecule has 3 fully saturated rings. The largest absolute Gasteiger partial charge is 0.497 e. The molecule has 3 aliphatic rings. The van der Waals surface area contributed by atoms with Crippen molar-refractivity contribution in [2.24, 2.45) is 11.3 Å². The van der Waals surface area contributed by atoms with E-state index in [4.69, 9.17) is 4.74 Å². The Bertz CT molecular complexity index is 644. The molecule has 2 N–H and O–H groups in total. The van der Waals surface area contributed by atoms with Gasteiger partial charge in [0.05, 0.1) is 25.2 Å². The third kappa shape index (κ3) is 2.56. The highest BCUT2D eigenvalue weighted by atomic mass is 16.5. The molecule has 1 heterocycles. The van der Waals surface area contributed by atoms with Crippen molar-refractivity contribution in [3.05, 3.63) is 29.8 Å². The van der Waals surface area contributed by atoms with Crippen molar-refractivity contribution in [3.63, 3.8) is 0 Å². The van der Waals surface area contributed by atoms with Crippen LogP contribution in [0.2, 0.25) is 0 Å². The van der Waals surface area contributed by atoms with Crippen LogP contribution in [0, 0.1) is 11.3 Å². The second-order valence-electron chi connectivity index (χ2n) is 8.24. The molecule has 4 rings (SSSR count). The fourth-order valence-electron chi connectivity index (χ4n) is 5.15. The molecule has 136 valence electrons. The number of carbonyl (C=O) groups is 1. The second kappa shape index (κ2) is 5.99. The number of rotatable bonds is 4. The number of likely N-dealkylation sites (tertiary alicyclic amines) is 1. The number of nitrogens with zero attached hydrogens (tertiary/aromatic N) is 1. The summed E-state index contributed by atoms with van der Waals surface area (Å²) >= 11 is 0. The van der Waals surface area contributed by atoms with E-state index >= 15 is 0 Å². The number of aliphatic hydroxyl groups excluding tert-OH is 2. The van der Waals surface area contributed by atoms with Gasteiger partial charge < -0.3 is 19.8 Å². The first-order valence-corrected chi connectivity index (χ1v) is 9.25. The Morgan fingerprint density at radius 2 is 1.92 bits per heavy atom. The lowest BCUT2D eigenvalue weighted by Crippen LogP contribution is -2.60. The van der Waals surface area contributed by atoms with Crippen LogP contribution in [0.15, 0.2) is 24.3 Å². The van der Waals surface area contributed by atoms with E-state index in [1.165, 1.54) is 19.3 Å². The fourth-order valence-corrected chi connectivity index (χ4v) is 5.15. The van der Waals surface area contributed by atoms with Crippen LogP contribution in [0.1, 0.15) is 37.7 Å². The number of benzene rings is 1. The zero-order chi connectivity index (χ0) is 17.7. The third-order valence-electron chi connectivity index (χ3n) is 6.75. The van der Waals surface area contributed by atoms with Gasteiger partial charge in [0.15, 0.2) is 0 Å². The van der Waals surface area contributed by atoms with E-state index in [1.807, 2.05) is 24.3 Å². The zero-order valence-corrected chi connectivity index (χ0v) is 14.8. The zero-order valence-electron chi connectivity index (χ0n) is 14.8. The molecule has 2 saturated carbocycles. The number of β-amino-alcohol motifs (C(OH)–C–C–N with tert-alkyl or cyclic N) is 1. The highest BCUT2D eigenvalue weighted by Crippen LogP contribution is 2.65. The molecular formula is C20H27NO4. The number of hydrogen-bond acceptors (Lipinski definition) is 4. The summed E-state index contributed by atoms with van der Waals surface area (Å²) in [5.41, 5.74) is 0.930. The number of methoxy groups -OCH3 is 1. The first-order valence-electron chi connectivity index (χ1n) is 9.25. The van der Waals surface area contributed by atoms with Gasteiger partial charge in [0.25, 0.3) is 0 Å². The van der Waals surface area contributed by atoms with Crippen molar-refractivity contribution in [3.8, 4) is 5.75 Å². The first kappa shape index (κ1) is 16.9. The van der Waals surface area contributed by atoms with E-state index in [-0.39, 0.29) is 18.4 Å². The van der Waals surface area contributed by atoms with Gasteiger partial charge in [-0.15, -0.1) is 0 Å². The maximum atomic E-state index is 13.4. The minimum absolute atomic E-state index is 0.0789. The van der Waals surface area contributed by atoms with Crippen molar-refractivity contribution in [2.45, 2.75) is 43.6 Å². The third-order valence-corrected chi connectivity index (χ3v) is 6.75. The minimum Gasteiger partial charge on any atom is -0.497 e. The molecule has 1 aromatic carbocycles. The van der Waals surface area contributed by atoms with Crippen LogP contribution in [0.3, 0.4) is 0 Å². The molecule has 2 atom stereocenters. The molecule has 1 aliphatic heterocycles. The Kier molecular flexibility index (Phi) is 4.04. The lowest BCUT2D eigenvalue weighted by atomic mass is 9.43. The monoisotopic (exact) mass is 345 g/mol. The van der Waals surface area contributed by atoms with E-state index in [9.17, 15) is 15.0 Å². The normalized spacial score (nSPS) is 29.2. The summed E-state index contributed by atoms with van der Waals surface area (Å²) in [5.74, 6) is 0.681. The number of aliphatic hydroxyl groups is 2. The molecule has 1 aromatic rings. The fraction of sp³-hybridized carbons (Fsp3) is 0.650. The quantitative estimate of drug-likeness (QED) is 0.872. The van der Waals surface area contributed by atoms with Gasteiger partial charge >= 0.3 is 0 Å². The van der Waals surface area contributed by atoms with Crippen LogP contribution in [-0.2, 0) is 10.2 Å². The van der Waals surface area contributed by atoms with Crippen LogP contribution in [0.25, 0.3) is 0 Å². The molecule has 1 saturated heterocycles. The van der Waals surface area contributed by atoms with E-state index in [1.54, 1.807) is 12.0 Å². The number of hydrogen-bond donors (Lipinski definition) is 2. The Balaban J connectivity index is 1.61. The molecule has 0 radical (unpaired) electrons. The summed E-state index contributed by atoms with van der Waals surface area (Å²) in [5, 5.41) is 19.5. The van der Waals surface area contributed by atoms with E-state index < -0.39 is 11.5 Å². The summed E-state index contributed by atoms with van der Waals surface area (Å²) in [4.78, 5) is 15.2. The molecule has 1 spiro atoms. The molecule has 0 bridgehead atoms. The van der Waals surface area contributed by atoms with Crippen LogP contribution >= 0.6 is 0 Å². The number of carbonyl (C=O) groups excluding carboxylic acids is 1. The topological polar surface area (TPSA) is 70.0 Å². The highest BCUT2D eigenvalue weighted by Gasteiger charge is 2.62. The van der Waals surface area contributed by atoms with Crippen LogP contribution in [-0.4, -0.2) is 53.9 Å². The molecule has 25 heavy (non-hydrogen) atoms. The molecule has 5 nitrogen and oxygen atoms in total. The number of ether oxygens (including phenoxy) is 1. The van der Waals surface area contributed by atoms with Crippen molar-refractivity contribution in [1.82, 2.24) is 4.90 Å². The minimum atomic E-state index is -0.625. The first-order chi connectivity index (χ1) is 12.0. The Morgan fingerprint density at radius 1 is 1.24 bits per heavy atom. The van der Waals surface area contributed by atoms with Gasteiger partial charge in [-0.3, -0.25) is 4.79 Å². The summed E-state index contributed by atoms with van der Waals surface area (Å²) < 4.78 is 5.25. The molecule has 5 heteroatoms. The van der Waals surface area contributed by atoms with Crippen LogP contribution in [0.5, 0.6) is 5.75 Å². The van der Waals surface area contributed by atoms with Crippen molar-refractivity contribution < 1.29 is 19.7 Å². The van der Waals surface area contributed by atoms with Gasteiger partial charge in [-0.25, -0.2) is 0 Å². The standard InChI is InChI=1S/C20H27NO4/c1-25-16-5-3-15(4-6-16)20(12-19(13-20)7-2-8-19)18(24)21-9-14(11-22)17(23)10-21/h3-6,14,17,22-23H,2,7-13H2,1H3/t14-,17-/m0/s1. The van der Waals surface area contributed by atoms with E-state index in [0.29, 0.717) is 18.5 Å². The lowest BCUT2D eigenvalue weighted by molar-refractivity contribution is -0.152. The van der Waals surface area contributed by atoms with Gasteiger partial charge in [0, 0.05) is 19.0 Å². The molecule has 0 unspecified atom stereocenters. The lowest BCUT2D eigenvalue weighted by Gasteiger charge is -2.61. The Morgan fingerprint density at radius 3 is 2.40 bits per heavy atom. The van der Waals surface area contributed by atoms with Gasteiger partial charge in [0.2, 0.25) is 5.91 Å². The average molecular weight is 345 g/mol. The molecule has 0 aromatic heterocycles. The van der Waals surface area contributed by atoms with Crippen molar-refractivity contribution in [1.29, 1.82) is 0 Å². The van der Waals surface area contributed by atoms with Crippen molar-refractivity contribution in [2.75, 3.05) is 26.8 Å². The van der Waals surface area contributed by atoms with Gasteiger partial charge in [-0.2, -0.15) is 0 Å². The maximum absolute atomic E-state index is 13.4. The van der Waals surface area contributed by atoms with Crippen LogP contribution < -0.4 is 4.74 Å². The van der Waals surface area contributed by atoms with Gasteiger partial charge in [0.1, 0.15) is 5.75 Å². The van der Waals surface area contributed by atoms with Crippen molar-refractivity contribution >= 4 is 5.91 Å². The van der Waals surface area contributed by atoms with Gasteiger partial charge in [-0.1, -0.05) is 18.6 Å². The van der Waals surface area contributed by atoms with Gasteiger partial charge in [-0.05, 0) is 48.8 Å². The maximum Gasteiger partial charge on any atom is 0.233 e. The number of amides is 1. The molecule has 2 aliphatic carbocycles. The smallest absolute Gasteiger partial charge is 0.233 e. The Labute approximate surface area is 148 Å². The van der Waals surface area contributed by atoms with E-state index in [2.05, 4.69) is 0 Å².